The molecular formula is C27H19FN5O+. The summed E-state index contributed by atoms with van der Waals surface area (Å²) in [7, 11) is 0. The highest BCUT2D eigenvalue weighted by Gasteiger charge is 2.30. The zero-order valence-electron chi connectivity index (χ0n) is 18.0. The maximum Gasteiger partial charge on any atom is 0.321 e. The van der Waals surface area contributed by atoms with E-state index in [4.69, 9.17) is 0 Å². The van der Waals surface area contributed by atoms with Gasteiger partial charge in [0.1, 0.15) is 11.3 Å². The highest BCUT2D eigenvalue weighted by molar-refractivity contribution is 6.14. The molecular weight excluding hydrogens is 429 g/mol. The molecule has 0 spiro atoms. The first-order valence-electron chi connectivity index (χ1n) is 11.3. The van der Waals surface area contributed by atoms with Crippen molar-refractivity contribution in [3.05, 3.63) is 95.1 Å². The fourth-order valence-electron chi connectivity index (χ4n) is 5.02. The summed E-state index contributed by atoms with van der Waals surface area (Å²) in [5, 5.41) is 9.30. The number of H-pyrrole nitrogens is 2. The van der Waals surface area contributed by atoms with Crippen molar-refractivity contribution in [2.75, 3.05) is 0 Å². The van der Waals surface area contributed by atoms with E-state index in [9.17, 15) is 9.18 Å². The van der Waals surface area contributed by atoms with Crippen LogP contribution in [0.15, 0.2) is 78.1 Å². The molecule has 2 N–H and O–H groups in total. The summed E-state index contributed by atoms with van der Waals surface area (Å²) in [6, 6.07) is 14.9. The molecule has 4 heterocycles. The van der Waals surface area contributed by atoms with Gasteiger partial charge >= 0.3 is 5.56 Å². The van der Waals surface area contributed by atoms with E-state index >= 15 is 0 Å². The Bertz CT molecular complexity index is 1800. The summed E-state index contributed by atoms with van der Waals surface area (Å²) in [6.07, 6.45) is 9.35. The number of aromatic amines is 2. The highest BCUT2D eigenvalue weighted by atomic mass is 19.1. The maximum atomic E-state index is 14.6. The van der Waals surface area contributed by atoms with Gasteiger partial charge in [-0.05, 0) is 48.6 Å². The van der Waals surface area contributed by atoms with Crippen molar-refractivity contribution in [2.45, 2.75) is 18.8 Å². The Morgan fingerprint density at radius 2 is 1.82 bits per heavy atom. The third-order valence-electron chi connectivity index (χ3n) is 6.70. The lowest BCUT2D eigenvalue weighted by Crippen LogP contribution is -2.37. The first-order chi connectivity index (χ1) is 16.7. The van der Waals surface area contributed by atoms with Crippen LogP contribution in [0.5, 0.6) is 0 Å². The molecule has 1 fully saturated rings. The van der Waals surface area contributed by atoms with Crippen LogP contribution in [0.4, 0.5) is 4.39 Å². The molecule has 1 aliphatic carbocycles. The molecule has 0 unspecified atom stereocenters. The molecule has 0 saturated heterocycles. The molecule has 0 radical (unpaired) electrons. The zero-order valence-corrected chi connectivity index (χ0v) is 18.0. The van der Waals surface area contributed by atoms with Gasteiger partial charge in [0.2, 0.25) is 0 Å². The van der Waals surface area contributed by atoms with E-state index < -0.39 is 0 Å². The predicted molar refractivity (Wildman–Crippen MR) is 128 cm³/mol. The number of nitrogens with zero attached hydrogens (tertiary/aromatic N) is 3. The molecule has 1 saturated carbocycles. The molecule has 164 valence electrons. The number of pyridine rings is 3. The summed E-state index contributed by atoms with van der Waals surface area (Å²) in [5.74, 6) is 0.0733. The number of halogens is 1. The van der Waals surface area contributed by atoms with Gasteiger partial charge in [-0.1, -0.05) is 12.1 Å². The molecule has 2 aromatic carbocycles. The van der Waals surface area contributed by atoms with Crippen molar-refractivity contribution < 1.29 is 8.96 Å². The van der Waals surface area contributed by atoms with Gasteiger partial charge in [0.05, 0.1) is 22.8 Å². The van der Waals surface area contributed by atoms with Gasteiger partial charge in [0.15, 0.2) is 12.4 Å². The fourth-order valence-corrected chi connectivity index (χ4v) is 5.02. The monoisotopic (exact) mass is 448 g/mol. The van der Waals surface area contributed by atoms with Crippen LogP contribution in [-0.2, 0) is 0 Å². The molecule has 1 aliphatic rings. The van der Waals surface area contributed by atoms with E-state index in [1.54, 1.807) is 18.5 Å². The van der Waals surface area contributed by atoms with Gasteiger partial charge in [-0.2, -0.15) is 9.67 Å². The summed E-state index contributed by atoms with van der Waals surface area (Å²) < 4.78 is 16.4. The van der Waals surface area contributed by atoms with E-state index in [0.29, 0.717) is 22.5 Å². The number of benzene rings is 2. The van der Waals surface area contributed by atoms with Crippen LogP contribution in [0.3, 0.4) is 0 Å². The Hall–Kier alpha value is -4.39. The van der Waals surface area contributed by atoms with Crippen molar-refractivity contribution in [1.29, 1.82) is 0 Å². The number of rotatable bonds is 3. The molecule has 4 aromatic heterocycles. The highest BCUT2D eigenvalue weighted by Crippen LogP contribution is 2.46. The molecule has 0 amide bonds. The number of nitrogens with one attached hydrogen (secondary N) is 2. The smallest absolute Gasteiger partial charge is 0.316 e. The number of aromatic nitrogens is 5. The second kappa shape index (κ2) is 7.05. The summed E-state index contributed by atoms with van der Waals surface area (Å²) in [4.78, 5) is 21.5. The van der Waals surface area contributed by atoms with Crippen LogP contribution in [0.25, 0.3) is 49.5 Å². The largest absolute Gasteiger partial charge is 0.321 e. The lowest BCUT2D eigenvalue weighted by atomic mass is 9.92. The third kappa shape index (κ3) is 2.73. The molecule has 7 heteroatoms. The number of hydrogen-bond donors (Lipinski definition) is 2. The van der Waals surface area contributed by atoms with Crippen LogP contribution in [0.2, 0.25) is 0 Å². The average molecular weight is 448 g/mol. The summed E-state index contributed by atoms with van der Waals surface area (Å²) in [5.41, 5.74) is 4.90. The SMILES string of the molecule is O=c1[nH]c2c(cc(C3CC3)c3ncccc32)c(-c2ccc(F)c3[nH]ncc23)c1-[n+]1ccccc1. The quantitative estimate of drug-likeness (QED) is 0.298. The molecule has 6 nitrogen and oxygen atoms in total. The van der Waals surface area contributed by atoms with Crippen molar-refractivity contribution in [1.82, 2.24) is 20.2 Å². The summed E-state index contributed by atoms with van der Waals surface area (Å²) >= 11 is 0. The normalized spacial score (nSPS) is 13.8. The second-order valence-electron chi connectivity index (χ2n) is 8.78. The summed E-state index contributed by atoms with van der Waals surface area (Å²) in [6.45, 7) is 0. The molecule has 0 atom stereocenters. The lowest BCUT2D eigenvalue weighted by Gasteiger charge is -2.14. The van der Waals surface area contributed by atoms with Gasteiger partial charge < -0.3 is 4.98 Å². The Balaban J connectivity index is 1.72. The minimum absolute atomic E-state index is 0.232. The van der Waals surface area contributed by atoms with E-state index in [1.807, 2.05) is 47.3 Å². The predicted octanol–water partition coefficient (Wildman–Crippen LogP) is 4.91. The van der Waals surface area contributed by atoms with Crippen LogP contribution in [0, 0.1) is 5.82 Å². The zero-order chi connectivity index (χ0) is 22.8. The third-order valence-corrected chi connectivity index (χ3v) is 6.70. The molecule has 6 aromatic rings. The first-order valence-corrected chi connectivity index (χ1v) is 11.3. The van der Waals surface area contributed by atoms with Crippen LogP contribution >= 0.6 is 0 Å². The lowest BCUT2D eigenvalue weighted by molar-refractivity contribution is -0.596. The van der Waals surface area contributed by atoms with Crippen molar-refractivity contribution in [3.63, 3.8) is 0 Å². The van der Waals surface area contributed by atoms with Crippen molar-refractivity contribution in [2.24, 2.45) is 0 Å². The van der Waals surface area contributed by atoms with Crippen LogP contribution < -0.4 is 10.1 Å². The van der Waals surface area contributed by atoms with E-state index in [-0.39, 0.29) is 11.4 Å². The molecule has 0 aliphatic heterocycles. The Labute approximate surface area is 192 Å². The van der Waals surface area contributed by atoms with Gasteiger partial charge in [0, 0.05) is 40.1 Å². The number of hydrogen-bond acceptors (Lipinski definition) is 3. The Morgan fingerprint density at radius 1 is 0.971 bits per heavy atom. The van der Waals surface area contributed by atoms with Gasteiger partial charge in [-0.25, -0.2) is 4.39 Å². The van der Waals surface area contributed by atoms with Crippen LogP contribution in [-0.4, -0.2) is 20.2 Å². The average Bonchev–Trinajstić information content (AvgIpc) is 3.59. The standard InChI is InChI=1S/C27H18FN5O/c28-21-9-8-16(20-14-30-32-25(20)21)22-19-13-18(15-6-7-15)23-17(5-4-10-29-23)24(19)31-27(34)26(22)33-11-2-1-3-12-33/h1-5,8-15H,6-7H2,(H-,29,30,31,32,34)/p+1. The topological polar surface area (TPSA) is 78.3 Å². The van der Waals surface area contributed by atoms with Gasteiger partial charge in [-0.3, -0.25) is 14.9 Å². The van der Waals surface area contributed by atoms with E-state index in [0.717, 1.165) is 45.8 Å². The van der Waals surface area contributed by atoms with Crippen molar-refractivity contribution in [3.8, 4) is 16.8 Å². The van der Waals surface area contributed by atoms with E-state index in [2.05, 4.69) is 26.2 Å². The first kappa shape index (κ1) is 19.1. The number of fused-ring (bicyclic) bond motifs is 4. The van der Waals surface area contributed by atoms with Crippen LogP contribution in [0.1, 0.15) is 24.3 Å². The molecule has 34 heavy (non-hydrogen) atoms. The minimum atomic E-state index is -0.382. The molecule has 7 rings (SSSR count). The van der Waals surface area contributed by atoms with Gasteiger partial charge in [0.25, 0.3) is 5.69 Å². The molecule has 0 bridgehead atoms. The second-order valence-corrected chi connectivity index (χ2v) is 8.78. The van der Waals surface area contributed by atoms with E-state index in [1.165, 1.54) is 11.6 Å². The Kier molecular flexibility index (Phi) is 3.96. The maximum absolute atomic E-state index is 14.6. The Morgan fingerprint density at radius 3 is 2.65 bits per heavy atom. The minimum Gasteiger partial charge on any atom is -0.316 e. The van der Waals surface area contributed by atoms with Gasteiger partial charge in [-0.15, -0.1) is 0 Å². The fraction of sp³-hybridized carbons (Fsp3) is 0.111. The van der Waals surface area contributed by atoms with Crippen molar-refractivity contribution >= 4 is 32.7 Å².